The van der Waals surface area contributed by atoms with E-state index in [0.29, 0.717) is 5.92 Å². The second kappa shape index (κ2) is 6.04. The first-order valence-corrected chi connectivity index (χ1v) is 8.58. The van der Waals surface area contributed by atoms with Crippen molar-refractivity contribution >= 4 is 8.07 Å². The molecule has 0 radical (unpaired) electrons. The van der Waals surface area contributed by atoms with Crippen LogP contribution in [0.1, 0.15) is 26.2 Å². The van der Waals surface area contributed by atoms with Crippen molar-refractivity contribution in [3.05, 3.63) is 12.7 Å². The summed E-state index contributed by atoms with van der Waals surface area (Å²) in [5, 5.41) is 0. The Balaban J connectivity index is 3.55. The van der Waals surface area contributed by atoms with Crippen molar-refractivity contribution in [1.82, 2.24) is 0 Å². The van der Waals surface area contributed by atoms with Crippen LogP contribution >= 0.6 is 0 Å². The molecule has 0 aliphatic heterocycles. The van der Waals surface area contributed by atoms with E-state index in [9.17, 15) is 0 Å². The minimum atomic E-state index is -1.12. The maximum atomic E-state index is 3.77. The van der Waals surface area contributed by atoms with Gasteiger partial charge in [-0.25, -0.2) is 0 Å². The van der Waals surface area contributed by atoms with Crippen LogP contribution in [0.4, 0.5) is 0 Å². The molecule has 0 saturated heterocycles. The molecule has 0 spiro atoms. The van der Waals surface area contributed by atoms with Gasteiger partial charge in [0.2, 0.25) is 0 Å². The number of hydrogen-bond donors (Lipinski definition) is 0. The highest BCUT2D eigenvalue weighted by atomic mass is 28.3. The molecule has 0 aliphatic rings. The normalized spacial score (nSPS) is 12.9. The predicted molar refractivity (Wildman–Crippen MR) is 64.3 cm³/mol. The average molecular weight is 194 g/mol. The van der Waals surface area contributed by atoms with Crippen molar-refractivity contribution in [2.24, 2.45) is 5.92 Å². The highest BCUT2D eigenvalue weighted by Crippen LogP contribution is 2.07. The smallest absolute Gasteiger partial charge is 0.129 e. The number of unbranched alkanes of at least 4 members (excludes halogenated alkanes) is 1. The number of hydrogen-bond acceptors (Lipinski definition) is 0. The third-order valence-electron chi connectivity index (χ3n) is 1.83. The summed E-state index contributed by atoms with van der Waals surface area (Å²) in [5.74, 6) is 3.93. The van der Waals surface area contributed by atoms with Gasteiger partial charge in [-0.3, -0.25) is 0 Å². The largest absolute Gasteiger partial charge is 0.132 e. The van der Waals surface area contributed by atoms with Gasteiger partial charge >= 0.3 is 0 Å². The lowest BCUT2D eigenvalue weighted by molar-refractivity contribution is 0.617. The molecule has 0 aliphatic carbocycles. The van der Waals surface area contributed by atoms with Gasteiger partial charge in [0.15, 0.2) is 0 Å². The molecule has 0 saturated carbocycles. The van der Waals surface area contributed by atoms with Gasteiger partial charge in [0.25, 0.3) is 0 Å². The molecular formula is C12H22Si. The van der Waals surface area contributed by atoms with Gasteiger partial charge in [0.1, 0.15) is 8.07 Å². The van der Waals surface area contributed by atoms with Crippen molar-refractivity contribution in [3.63, 3.8) is 0 Å². The molecule has 0 bridgehead atoms. The van der Waals surface area contributed by atoms with E-state index in [1.807, 2.05) is 6.08 Å². The summed E-state index contributed by atoms with van der Waals surface area (Å²) in [6.45, 7) is 12.8. The first kappa shape index (κ1) is 12.5. The van der Waals surface area contributed by atoms with Crippen LogP contribution in [0, 0.1) is 17.4 Å². The van der Waals surface area contributed by atoms with Crippen molar-refractivity contribution in [3.8, 4) is 11.5 Å². The average Bonchev–Trinajstić information content (AvgIpc) is 2.01. The number of allylic oxidation sites excluding steroid dienone is 1. The minimum Gasteiger partial charge on any atom is -0.132 e. The van der Waals surface area contributed by atoms with Crippen LogP contribution in [-0.4, -0.2) is 8.07 Å². The Morgan fingerprint density at radius 3 is 2.46 bits per heavy atom. The molecular weight excluding hydrogens is 172 g/mol. The quantitative estimate of drug-likeness (QED) is 0.276. The van der Waals surface area contributed by atoms with E-state index >= 15 is 0 Å². The van der Waals surface area contributed by atoms with Gasteiger partial charge in [-0.2, -0.15) is 0 Å². The molecule has 1 unspecified atom stereocenters. The van der Waals surface area contributed by atoms with Gasteiger partial charge in [-0.05, 0) is 18.8 Å². The van der Waals surface area contributed by atoms with E-state index in [4.69, 9.17) is 0 Å². The van der Waals surface area contributed by atoms with Crippen LogP contribution in [0.2, 0.25) is 19.6 Å². The van der Waals surface area contributed by atoms with Crippen LogP contribution in [-0.2, 0) is 0 Å². The van der Waals surface area contributed by atoms with E-state index in [2.05, 4.69) is 44.6 Å². The van der Waals surface area contributed by atoms with Gasteiger partial charge in [0.05, 0.1) is 0 Å². The van der Waals surface area contributed by atoms with Crippen LogP contribution in [0.3, 0.4) is 0 Å². The van der Waals surface area contributed by atoms with E-state index in [-0.39, 0.29) is 0 Å². The Morgan fingerprint density at radius 2 is 2.00 bits per heavy atom. The molecule has 0 rings (SSSR count). The van der Waals surface area contributed by atoms with Crippen molar-refractivity contribution in [2.45, 2.75) is 45.8 Å². The fourth-order valence-electron chi connectivity index (χ4n) is 0.958. The lowest BCUT2D eigenvalue weighted by Crippen LogP contribution is -2.16. The molecule has 0 heterocycles. The van der Waals surface area contributed by atoms with Crippen molar-refractivity contribution < 1.29 is 0 Å². The van der Waals surface area contributed by atoms with Crippen molar-refractivity contribution in [1.29, 1.82) is 0 Å². The van der Waals surface area contributed by atoms with E-state index in [1.165, 1.54) is 12.8 Å². The monoisotopic (exact) mass is 194 g/mol. The second-order valence-corrected chi connectivity index (χ2v) is 9.41. The molecule has 0 aromatic rings. The van der Waals surface area contributed by atoms with Crippen molar-refractivity contribution in [2.75, 3.05) is 0 Å². The Labute approximate surface area is 84.4 Å². The van der Waals surface area contributed by atoms with Gasteiger partial charge in [0, 0.05) is 6.42 Å². The first-order valence-electron chi connectivity index (χ1n) is 5.08. The molecule has 74 valence electrons. The second-order valence-electron chi connectivity index (χ2n) is 4.66. The molecule has 0 N–H and O–H groups in total. The predicted octanol–water partition coefficient (Wildman–Crippen LogP) is 3.86. The lowest BCUT2D eigenvalue weighted by atomic mass is 10.1. The maximum Gasteiger partial charge on any atom is 0.129 e. The topological polar surface area (TPSA) is 0 Å². The summed E-state index contributed by atoms with van der Waals surface area (Å²) in [4.78, 5) is 0. The highest BCUT2D eigenvalue weighted by molar-refractivity contribution is 6.83. The summed E-state index contributed by atoms with van der Waals surface area (Å²) in [5.41, 5.74) is 3.38. The summed E-state index contributed by atoms with van der Waals surface area (Å²) < 4.78 is 0. The molecule has 0 aromatic heterocycles. The third-order valence-corrected chi connectivity index (χ3v) is 2.75. The molecule has 13 heavy (non-hydrogen) atoms. The molecule has 1 heteroatoms. The van der Waals surface area contributed by atoms with Crippen LogP contribution in [0.15, 0.2) is 12.7 Å². The third kappa shape index (κ3) is 9.43. The first-order chi connectivity index (χ1) is 5.95. The Morgan fingerprint density at radius 1 is 1.38 bits per heavy atom. The molecule has 0 aromatic carbocycles. The summed E-state index contributed by atoms with van der Waals surface area (Å²) in [6, 6.07) is 0. The summed E-state index contributed by atoms with van der Waals surface area (Å²) >= 11 is 0. The molecule has 0 amide bonds. The highest BCUT2D eigenvalue weighted by Gasteiger charge is 2.06. The molecule has 0 nitrogen and oxygen atoms in total. The Kier molecular flexibility index (Phi) is 5.82. The van der Waals surface area contributed by atoms with Crippen LogP contribution in [0.5, 0.6) is 0 Å². The zero-order chi connectivity index (χ0) is 10.3. The van der Waals surface area contributed by atoms with E-state index < -0.39 is 8.07 Å². The zero-order valence-electron chi connectivity index (χ0n) is 9.48. The minimum absolute atomic E-state index is 0.647. The van der Waals surface area contributed by atoms with Gasteiger partial charge in [-0.15, -0.1) is 18.0 Å². The Bertz CT molecular complexity index is 199. The molecule has 1 atom stereocenters. The van der Waals surface area contributed by atoms with Gasteiger partial charge in [-0.1, -0.05) is 32.6 Å². The summed E-state index contributed by atoms with van der Waals surface area (Å²) in [6.07, 6.45) is 5.52. The zero-order valence-corrected chi connectivity index (χ0v) is 10.5. The maximum absolute atomic E-state index is 3.77. The lowest BCUT2D eigenvalue weighted by Gasteiger charge is -2.04. The van der Waals surface area contributed by atoms with Crippen LogP contribution in [0.25, 0.3) is 0 Å². The van der Waals surface area contributed by atoms with E-state index in [0.717, 1.165) is 6.42 Å². The Hall–Kier alpha value is -0.483. The van der Waals surface area contributed by atoms with Gasteiger partial charge < -0.3 is 0 Å². The standard InChI is InChI=1S/C12H22Si/c1-6-12(2)10-8-7-9-11-13(3,4)5/h6,12H,1,7-8,10H2,2-5H3. The number of rotatable bonds is 4. The molecule has 0 fully saturated rings. The summed E-state index contributed by atoms with van der Waals surface area (Å²) in [7, 11) is -1.12. The fraction of sp³-hybridized carbons (Fsp3) is 0.667. The SMILES string of the molecule is C=CC(C)CCCC#C[Si](C)(C)C. The van der Waals surface area contributed by atoms with E-state index in [1.54, 1.807) is 0 Å². The van der Waals surface area contributed by atoms with Crippen LogP contribution < -0.4 is 0 Å². The fourth-order valence-corrected chi connectivity index (χ4v) is 1.61.